The Labute approximate surface area is 175 Å². The van der Waals surface area contributed by atoms with Crippen molar-refractivity contribution < 1.29 is 9.59 Å². The van der Waals surface area contributed by atoms with Crippen LogP contribution < -0.4 is 9.80 Å². The molecule has 2 amide bonds. The van der Waals surface area contributed by atoms with Crippen molar-refractivity contribution in [2.45, 2.75) is 32.6 Å². The molecule has 3 heterocycles. The summed E-state index contributed by atoms with van der Waals surface area (Å²) < 4.78 is 0. The minimum Gasteiger partial charge on any atom is -0.345 e. The Morgan fingerprint density at radius 3 is 2.69 bits per heavy atom. The first-order valence-electron chi connectivity index (χ1n) is 10.5. The van der Waals surface area contributed by atoms with E-state index in [-0.39, 0.29) is 17.7 Å². The van der Waals surface area contributed by atoms with Crippen LogP contribution in [0.4, 0.5) is 10.8 Å². The van der Waals surface area contributed by atoms with Crippen molar-refractivity contribution in [1.82, 2.24) is 9.88 Å². The fraction of sp³-hybridized carbons (Fsp3) is 0.500. The van der Waals surface area contributed by atoms with Gasteiger partial charge in [-0.2, -0.15) is 0 Å². The van der Waals surface area contributed by atoms with Crippen molar-refractivity contribution in [2.75, 3.05) is 42.5 Å². The van der Waals surface area contributed by atoms with Gasteiger partial charge in [-0.15, -0.1) is 11.3 Å². The number of carbonyl (C=O) groups is 2. The Morgan fingerprint density at radius 2 is 1.93 bits per heavy atom. The summed E-state index contributed by atoms with van der Waals surface area (Å²) in [5, 5.41) is 3.10. The van der Waals surface area contributed by atoms with Crippen LogP contribution in [0.5, 0.6) is 0 Å². The van der Waals surface area contributed by atoms with Gasteiger partial charge in [-0.25, -0.2) is 4.98 Å². The molecular formula is C22H26N4O2S. The van der Waals surface area contributed by atoms with E-state index in [1.807, 2.05) is 22.8 Å². The lowest BCUT2D eigenvalue weighted by Crippen LogP contribution is -2.50. The molecule has 1 aromatic heterocycles. The molecular weight excluding hydrogens is 384 g/mol. The molecule has 6 nitrogen and oxygen atoms in total. The zero-order chi connectivity index (χ0) is 20.0. The van der Waals surface area contributed by atoms with Crippen LogP contribution in [-0.2, 0) is 22.4 Å². The highest BCUT2D eigenvalue weighted by molar-refractivity contribution is 7.13. The third-order valence-corrected chi connectivity index (χ3v) is 7.36. The largest absolute Gasteiger partial charge is 0.345 e. The number of nitrogens with zero attached hydrogens (tertiary/aromatic N) is 4. The van der Waals surface area contributed by atoms with Gasteiger partial charge in [-0.1, -0.05) is 6.07 Å². The lowest BCUT2D eigenvalue weighted by Gasteiger charge is -2.35. The molecule has 152 valence electrons. The fourth-order valence-corrected chi connectivity index (χ4v) is 5.57. The van der Waals surface area contributed by atoms with Crippen molar-refractivity contribution in [3.63, 3.8) is 0 Å². The van der Waals surface area contributed by atoms with Crippen LogP contribution in [0.15, 0.2) is 23.6 Å². The number of aromatic nitrogens is 1. The molecule has 2 aromatic rings. The molecule has 1 atom stereocenters. The first-order chi connectivity index (χ1) is 14.1. The molecule has 0 saturated carbocycles. The molecule has 1 aromatic carbocycles. The standard InChI is InChI=1S/C22H26N4O2S/c1-15-14-29-22(23-15)25-9-7-24(8-10-25)21(28)18-12-20(27)26(13-18)19-6-5-16-3-2-4-17(16)11-19/h5-6,11,14,18H,2-4,7-10,12-13H2,1H3/t18-/m0/s1. The number of fused-ring (bicyclic) bond motifs is 1. The molecule has 1 aliphatic carbocycles. The zero-order valence-electron chi connectivity index (χ0n) is 16.8. The van der Waals surface area contributed by atoms with E-state index < -0.39 is 0 Å². The number of rotatable bonds is 3. The van der Waals surface area contributed by atoms with Gasteiger partial charge in [0.25, 0.3) is 0 Å². The lowest BCUT2D eigenvalue weighted by atomic mass is 10.1. The monoisotopic (exact) mass is 410 g/mol. The van der Waals surface area contributed by atoms with Gasteiger partial charge in [0.1, 0.15) is 0 Å². The van der Waals surface area contributed by atoms with Crippen molar-refractivity contribution in [3.05, 3.63) is 40.4 Å². The number of hydrogen-bond acceptors (Lipinski definition) is 5. The maximum absolute atomic E-state index is 13.1. The lowest BCUT2D eigenvalue weighted by molar-refractivity contribution is -0.136. The minimum absolute atomic E-state index is 0.0678. The highest BCUT2D eigenvalue weighted by Crippen LogP contribution is 2.31. The van der Waals surface area contributed by atoms with Crippen LogP contribution >= 0.6 is 11.3 Å². The highest BCUT2D eigenvalue weighted by atomic mass is 32.1. The quantitative estimate of drug-likeness (QED) is 0.781. The molecule has 0 spiro atoms. The number of anilines is 2. The first kappa shape index (κ1) is 18.6. The van der Waals surface area contributed by atoms with Crippen LogP contribution in [0.2, 0.25) is 0 Å². The summed E-state index contributed by atoms with van der Waals surface area (Å²) in [4.78, 5) is 36.3. The molecule has 5 rings (SSSR count). The number of amides is 2. The molecule has 0 unspecified atom stereocenters. The molecule has 0 radical (unpaired) electrons. The normalized spacial score (nSPS) is 21.8. The van der Waals surface area contributed by atoms with E-state index in [0.29, 0.717) is 26.1 Å². The molecule has 2 aliphatic heterocycles. The number of piperazine rings is 1. The maximum Gasteiger partial charge on any atom is 0.228 e. The van der Waals surface area contributed by atoms with E-state index in [4.69, 9.17) is 0 Å². The van der Waals surface area contributed by atoms with Gasteiger partial charge in [0.15, 0.2) is 5.13 Å². The summed E-state index contributed by atoms with van der Waals surface area (Å²) >= 11 is 1.66. The van der Waals surface area contributed by atoms with Crippen molar-refractivity contribution >= 4 is 34.0 Å². The smallest absolute Gasteiger partial charge is 0.228 e. The van der Waals surface area contributed by atoms with Gasteiger partial charge in [-0.3, -0.25) is 9.59 Å². The Balaban J connectivity index is 1.22. The van der Waals surface area contributed by atoms with Crippen LogP contribution in [0.3, 0.4) is 0 Å². The third-order valence-electron chi connectivity index (χ3n) is 6.34. The van der Waals surface area contributed by atoms with Crippen LogP contribution in [-0.4, -0.2) is 54.4 Å². The van der Waals surface area contributed by atoms with Gasteiger partial charge in [0, 0.05) is 50.2 Å². The molecule has 0 N–H and O–H groups in total. The van der Waals surface area contributed by atoms with Gasteiger partial charge in [0.05, 0.1) is 11.6 Å². The summed E-state index contributed by atoms with van der Waals surface area (Å²) in [6.45, 7) is 5.50. The van der Waals surface area contributed by atoms with E-state index >= 15 is 0 Å². The zero-order valence-corrected chi connectivity index (χ0v) is 17.6. The van der Waals surface area contributed by atoms with Crippen LogP contribution in [0.25, 0.3) is 0 Å². The Hall–Kier alpha value is -2.41. The van der Waals surface area contributed by atoms with Crippen molar-refractivity contribution in [3.8, 4) is 0 Å². The predicted octanol–water partition coefficient (Wildman–Crippen LogP) is 2.64. The topological polar surface area (TPSA) is 56.8 Å². The van der Waals surface area contributed by atoms with E-state index in [1.54, 1.807) is 11.3 Å². The molecule has 2 fully saturated rings. The Bertz CT molecular complexity index is 948. The van der Waals surface area contributed by atoms with Crippen LogP contribution in [0, 0.1) is 12.8 Å². The molecule has 3 aliphatic rings. The average Bonchev–Trinajstić information content (AvgIpc) is 3.46. The SMILES string of the molecule is Cc1csc(N2CCN(C(=O)[C@H]3CC(=O)N(c4ccc5c(c4)CCC5)C3)CC2)n1. The van der Waals surface area contributed by atoms with E-state index in [1.165, 1.54) is 17.5 Å². The van der Waals surface area contributed by atoms with E-state index in [0.717, 1.165) is 42.4 Å². The van der Waals surface area contributed by atoms with Crippen LogP contribution in [0.1, 0.15) is 29.7 Å². The van der Waals surface area contributed by atoms with Gasteiger partial charge in [0.2, 0.25) is 11.8 Å². The summed E-state index contributed by atoms with van der Waals surface area (Å²) in [6, 6.07) is 6.35. The molecule has 2 saturated heterocycles. The van der Waals surface area contributed by atoms with Crippen molar-refractivity contribution in [1.29, 1.82) is 0 Å². The molecule has 0 bridgehead atoms. The predicted molar refractivity (Wildman–Crippen MR) is 115 cm³/mol. The van der Waals surface area contributed by atoms with Gasteiger partial charge < -0.3 is 14.7 Å². The summed E-state index contributed by atoms with van der Waals surface area (Å²) in [5.41, 5.74) is 4.76. The second kappa shape index (κ2) is 7.44. The number of benzene rings is 1. The Kier molecular flexibility index (Phi) is 4.78. The van der Waals surface area contributed by atoms with Crippen molar-refractivity contribution in [2.24, 2.45) is 5.92 Å². The second-order valence-corrected chi connectivity index (χ2v) is 9.13. The maximum atomic E-state index is 13.1. The highest BCUT2D eigenvalue weighted by Gasteiger charge is 2.38. The van der Waals surface area contributed by atoms with Gasteiger partial charge >= 0.3 is 0 Å². The number of carbonyl (C=O) groups excluding carboxylic acids is 2. The number of aryl methyl sites for hydroxylation is 3. The summed E-state index contributed by atoms with van der Waals surface area (Å²) in [7, 11) is 0. The van der Waals surface area contributed by atoms with E-state index in [2.05, 4.69) is 27.4 Å². The summed E-state index contributed by atoms with van der Waals surface area (Å²) in [6.07, 6.45) is 3.75. The molecule has 7 heteroatoms. The Morgan fingerprint density at radius 1 is 1.14 bits per heavy atom. The minimum atomic E-state index is -0.232. The first-order valence-corrected chi connectivity index (χ1v) is 11.3. The van der Waals surface area contributed by atoms with E-state index in [9.17, 15) is 9.59 Å². The van der Waals surface area contributed by atoms with Gasteiger partial charge in [-0.05, 0) is 49.4 Å². The average molecular weight is 411 g/mol. The molecule has 29 heavy (non-hydrogen) atoms. The fourth-order valence-electron chi connectivity index (χ4n) is 4.71. The number of hydrogen-bond donors (Lipinski definition) is 0. The second-order valence-electron chi connectivity index (χ2n) is 8.30. The summed E-state index contributed by atoms with van der Waals surface area (Å²) in [5.74, 6) is -0.0421. The third kappa shape index (κ3) is 3.52. The number of thiazole rings is 1.